The fraction of sp³-hybridized carbons (Fsp3) is 0.400. The molecule has 2 aromatic rings. The molecular formula is C15H20N2OS. The zero-order chi connectivity index (χ0) is 13.8. The Labute approximate surface area is 117 Å². The Morgan fingerprint density at radius 2 is 2.11 bits per heavy atom. The van der Waals surface area contributed by atoms with E-state index in [1.165, 1.54) is 11.3 Å². The molecule has 0 saturated heterocycles. The number of hydrogen-bond acceptors (Lipinski definition) is 3. The summed E-state index contributed by atoms with van der Waals surface area (Å²) in [7, 11) is 0. The summed E-state index contributed by atoms with van der Waals surface area (Å²) < 4.78 is 1.06. The van der Waals surface area contributed by atoms with Crippen LogP contribution < -0.4 is 11.1 Å². The van der Waals surface area contributed by atoms with Gasteiger partial charge in [-0.1, -0.05) is 32.0 Å². The Morgan fingerprint density at radius 3 is 2.79 bits per heavy atom. The van der Waals surface area contributed by atoms with Crippen molar-refractivity contribution in [1.29, 1.82) is 0 Å². The summed E-state index contributed by atoms with van der Waals surface area (Å²) in [6.45, 7) is 5.09. The molecule has 1 aromatic heterocycles. The molecular weight excluding hydrogens is 256 g/mol. The molecule has 1 amide bonds. The number of carbonyl (C=O) groups is 1. The summed E-state index contributed by atoms with van der Waals surface area (Å²) in [5.41, 5.74) is 6.64. The molecule has 0 unspecified atom stereocenters. The van der Waals surface area contributed by atoms with Crippen molar-refractivity contribution in [2.24, 2.45) is 5.92 Å². The lowest BCUT2D eigenvalue weighted by atomic mass is 10.1. The Bertz CT molecular complexity index is 575. The highest BCUT2D eigenvalue weighted by molar-refractivity contribution is 7.21. The Morgan fingerprint density at radius 1 is 1.37 bits per heavy atom. The average Bonchev–Trinajstić information content (AvgIpc) is 2.72. The highest BCUT2D eigenvalue weighted by Crippen LogP contribution is 2.33. The van der Waals surface area contributed by atoms with E-state index in [-0.39, 0.29) is 5.91 Å². The number of nitrogens with two attached hydrogens (primary N) is 1. The van der Waals surface area contributed by atoms with Gasteiger partial charge in [0.25, 0.3) is 5.91 Å². The third-order valence-corrected chi connectivity index (χ3v) is 4.27. The minimum atomic E-state index is -0.0533. The number of nitrogen functional groups attached to an aromatic ring is 1. The number of fused-ring (bicyclic) bond motifs is 1. The van der Waals surface area contributed by atoms with Crippen LogP contribution >= 0.6 is 11.3 Å². The van der Waals surface area contributed by atoms with Crippen molar-refractivity contribution >= 4 is 33.0 Å². The largest absolute Gasteiger partial charge is 0.397 e. The molecule has 0 saturated carbocycles. The third kappa shape index (κ3) is 3.26. The average molecular weight is 276 g/mol. The van der Waals surface area contributed by atoms with Gasteiger partial charge in [-0.3, -0.25) is 4.79 Å². The lowest BCUT2D eigenvalue weighted by Crippen LogP contribution is -2.24. The second-order valence-corrected chi connectivity index (χ2v) is 6.19. The van der Waals surface area contributed by atoms with Crippen LogP contribution in [-0.2, 0) is 0 Å². The standard InChI is InChI=1S/C15H20N2OS/c1-10(2)6-5-9-17-15(18)14-13(16)11-7-3-4-8-12(11)19-14/h3-4,7-8,10H,5-6,9,16H2,1-2H3,(H,17,18). The molecule has 0 spiro atoms. The van der Waals surface area contributed by atoms with Crippen LogP contribution in [0.1, 0.15) is 36.4 Å². The van der Waals surface area contributed by atoms with Crippen molar-refractivity contribution in [3.8, 4) is 0 Å². The van der Waals surface area contributed by atoms with Gasteiger partial charge in [0.15, 0.2) is 0 Å². The van der Waals surface area contributed by atoms with E-state index in [4.69, 9.17) is 5.73 Å². The number of amides is 1. The Balaban J connectivity index is 2.03. The highest BCUT2D eigenvalue weighted by atomic mass is 32.1. The number of hydrogen-bond donors (Lipinski definition) is 2. The predicted molar refractivity (Wildman–Crippen MR) is 82.6 cm³/mol. The van der Waals surface area contributed by atoms with Crippen molar-refractivity contribution in [2.75, 3.05) is 12.3 Å². The highest BCUT2D eigenvalue weighted by Gasteiger charge is 2.15. The number of benzene rings is 1. The lowest BCUT2D eigenvalue weighted by molar-refractivity contribution is 0.0957. The van der Waals surface area contributed by atoms with Crippen molar-refractivity contribution < 1.29 is 4.79 Å². The van der Waals surface area contributed by atoms with Crippen molar-refractivity contribution in [1.82, 2.24) is 5.32 Å². The van der Waals surface area contributed by atoms with E-state index >= 15 is 0 Å². The molecule has 4 heteroatoms. The maximum Gasteiger partial charge on any atom is 0.263 e. The smallest absolute Gasteiger partial charge is 0.263 e. The first kappa shape index (κ1) is 13.9. The molecule has 0 bridgehead atoms. The van der Waals surface area contributed by atoms with Crippen LogP contribution in [0.15, 0.2) is 24.3 Å². The zero-order valence-electron chi connectivity index (χ0n) is 11.4. The summed E-state index contributed by atoms with van der Waals surface area (Å²) in [6.07, 6.45) is 2.14. The van der Waals surface area contributed by atoms with Crippen molar-refractivity contribution in [3.05, 3.63) is 29.1 Å². The molecule has 0 fully saturated rings. The molecule has 0 radical (unpaired) electrons. The number of rotatable bonds is 5. The number of carbonyl (C=O) groups excluding carboxylic acids is 1. The van der Waals surface area contributed by atoms with Gasteiger partial charge in [-0.25, -0.2) is 0 Å². The molecule has 19 heavy (non-hydrogen) atoms. The minimum absolute atomic E-state index is 0.0533. The van der Waals surface area contributed by atoms with Crippen LogP contribution in [0, 0.1) is 5.92 Å². The van der Waals surface area contributed by atoms with Gasteiger partial charge < -0.3 is 11.1 Å². The van der Waals surface area contributed by atoms with E-state index in [2.05, 4.69) is 19.2 Å². The van der Waals surface area contributed by atoms with E-state index in [0.29, 0.717) is 23.0 Å². The number of anilines is 1. The second-order valence-electron chi connectivity index (χ2n) is 5.13. The van der Waals surface area contributed by atoms with Crippen LogP contribution in [0.2, 0.25) is 0 Å². The van der Waals surface area contributed by atoms with Gasteiger partial charge in [0, 0.05) is 16.6 Å². The number of thiophene rings is 1. The van der Waals surface area contributed by atoms with E-state index in [1.54, 1.807) is 0 Å². The van der Waals surface area contributed by atoms with Gasteiger partial charge in [-0.15, -0.1) is 11.3 Å². The summed E-state index contributed by atoms with van der Waals surface area (Å²) in [6, 6.07) is 7.85. The van der Waals surface area contributed by atoms with E-state index in [1.807, 2.05) is 24.3 Å². The molecule has 1 aromatic carbocycles. The fourth-order valence-electron chi connectivity index (χ4n) is 2.03. The molecule has 1 heterocycles. The second kappa shape index (κ2) is 6.06. The molecule has 2 rings (SSSR count). The van der Waals surface area contributed by atoms with Gasteiger partial charge in [0.2, 0.25) is 0 Å². The van der Waals surface area contributed by atoms with Gasteiger partial charge in [-0.2, -0.15) is 0 Å². The summed E-state index contributed by atoms with van der Waals surface area (Å²) in [5.74, 6) is 0.619. The van der Waals surface area contributed by atoms with Crippen LogP contribution in [0.4, 0.5) is 5.69 Å². The topological polar surface area (TPSA) is 55.1 Å². The third-order valence-electron chi connectivity index (χ3n) is 3.08. The maximum atomic E-state index is 12.1. The van der Waals surface area contributed by atoms with E-state index < -0.39 is 0 Å². The molecule has 3 nitrogen and oxygen atoms in total. The van der Waals surface area contributed by atoms with Crippen molar-refractivity contribution in [2.45, 2.75) is 26.7 Å². The molecule has 3 N–H and O–H groups in total. The van der Waals surface area contributed by atoms with E-state index in [9.17, 15) is 4.79 Å². The van der Waals surface area contributed by atoms with Gasteiger partial charge >= 0.3 is 0 Å². The normalized spacial score (nSPS) is 11.1. The first-order chi connectivity index (χ1) is 9.09. The van der Waals surface area contributed by atoms with Gasteiger partial charge in [0.05, 0.1) is 5.69 Å². The van der Waals surface area contributed by atoms with Crippen molar-refractivity contribution in [3.63, 3.8) is 0 Å². The lowest BCUT2D eigenvalue weighted by Gasteiger charge is -2.06. The first-order valence-corrected chi connectivity index (χ1v) is 7.46. The van der Waals surface area contributed by atoms with Crippen LogP contribution in [0.3, 0.4) is 0 Å². The summed E-state index contributed by atoms with van der Waals surface area (Å²) >= 11 is 1.46. The molecule has 0 atom stereocenters. The summed E-state index contributed by atoms with van der Waals surface area (Å²) in [4.78, 5) is 12.7. The first-order valence-electron chi connectivity index (χ1n) is 6.64. The monoisotopic (exact) mass is 276 g/mol. The van der Waals surface area contributed by atoms with Crippen LogP contribution in [0.5, 0.6) is 0 Å². The molecule has 0 aliphatic heterocycles. The predicted octanol–water partition coefficient (Wildman–Crippen LogP) is 3.65. The fourth-order valence-corrected chi connectivity index (χ4v) is 3.07. The maximum absolute atomic E-state index is 12.1. The van der Waals surface area contributed by atoms with Gasteiger partial charge in [-0.05, 0) is 24.8 Å². The summed E-state index contributed by atoms with van der Waals surface area (Å²) in [5, 5.41) is 3.92. The Hall–Kier alpha value is -1.55. The molecule has 102 valence electrons. The van der Waals surface area contributed by atoms with Crippen LogP contribution in [0.25, 0.3) is 10.1 Å². The molecule has 0 aliphatic carbocycles. The van der Waals surface area contributed by atoms with Gasteiger partial charge in [0.1, 0.15) is 4.88 Å². The van der Waals surface area contributed by atoms with Crippen LogP contribution in [-0.4, -0.2) is 12.5 Å². The zero-order valence-corrected chi connectivity index (χ0v) is 12.2. The number of nitrogens with one attached hydrogen (secondary N) is 1. The molecule has 0 aliphatic rings. The SMILES string of the molecule is CC(C)CCCNC(=O)c1sc2ccccc2c1N. The van der Waals surface area contributed by atoms with E-state index in [0.717, 1.165) is 22.9 Å². The minimum Gasteiger partial charge on any atom is -0.397 e. The quantitative estimate of drug-likeness (QED) is 0.819. The Kier molecular flexibility index (Phi) is 4.43.